The summed E-state index contributed by atoms with van der Waals surface area (Å²) in [5, 5.41) is 11.4. The number of aryl methyl sites for hydroxylation is 1. The van der Waals surface area contributed by atoms with E-state index in [9.17, 15) is 0 Å². The molecule has 0 bridgehead atoms. The highest BCUT2D eigenvalue weighted by molar-refractivity contribution is 5.50. The van der Waals surface area contributed by atoms with Crippen LogP contribution >= 0.6 is 0 Å². The van der Waals surface area contributed by atoms with Gasteiger partial charge >= 0.3 is 0 Å². The second kappa shape index (κ2) is 6.26. The van der Waals surface area contributed by atoms with Gasteiger partial charge in [-0.25, -0.2) is 0 Å². The fourth-order valence-corrected chi connectivity index (χ4v) is 1.56. The Labute approximate surface area is 107 Å². The van der Waals surface area contributed by atoms with Gasteiger partial charge in [-0.2, -0.15) is 0 Å². The van der Waals surface area contributed by atoms with E-state index >= 15 is 0 Å². The first kappa shape index (κ1) is 12.7. The zero-order valence-electron chi connectivity index (χ0n) is 10.8. The number of rotatable bonds is 6. The number of nitrogens with zero attached hydrogens (tertiary/aromatic N) is 3. The smallest absolute Gasteiger partial charge is 0.249 e. The summed E-state index contributed by atoms with van der Waals surface area (Å²) < 4.78 is 5.59. The van der Waals surface area contributed by atoms with Gasteiger partial charge in [0.1, 0.15) is 0 Å². The van der Waals surface area contributed by atoms with Crippen LogP contribution in [0.4, 0.5) is 0 Å². The molecule has 0 saturated heterocycles. The lowest BCUT2D eigenvalue weighted by molar-refractivity contribution is 0.494. The summed E-state index contributed by atoms with van der Waals surface area (Å²) in [6, 6.07) is 3.87. The summed E-state index contributed by atoms with van der Waals surface area (Å²) in [6.07, 6.45) is 3.64. The minimum absolute atomic E-state index is 0.535. The molecule has 18 heavy (non-hydrogen) atoms. The maximum absolute atomic E-state index is 5.59. The third-order valence-corrected chi connectivity index (χ3v) is 2.57. The highest BCUT2D eigenvalue weighted by Crippen LogP contribution is 2.16. The van der Waals surface area contributed by atoms with Crippen molar-refractivity contribution < 1.29 is 4.42 Å². The monoisotopic (exact) mass is 246 g/mol. The average molecular weight is 246 g/mol. The molecule has 0 spiro atoms. The molecule has 0 aliphatic heterocycles. The van der Waals surface area contributed by atoms with Gasteiger partial charge in [0.15, 0.2) is 0 Å². The normalized spacial score (nSPS) is 10.8. The first-order valence-electron chi connectivity index (χ1n) is 6.25. The molecule has 2 heterocycles. The molecule has 0 aliphatic carbocycles. The first-order valence-corrected chi connectivity index (χ1v) is 6.25. The Morgan fingerprint density at radius 3 is 2.83 bits per heavy atom. The minimum atomic E-state index is 0.535. The van der Waals surface area contributed by atoms with Crippen molar-refractivity contribution in [3.05, 3.63) is 29.9 Å². The number of aromatic nitrogens is 3. The van der Waals surface area contributed by atoms with Gasteiger partial charge in [-0.3, -0.25) is 4.98 Å². The standard InChI is InChI=1S/C13H18N4O/c1-3-7-14-8-6-12-16-17-13(18-12)11-5-4-10(2)15-9-11/h4-5,9,14H,3,6-8H2,1-2H3. The van der Waals surface area contributed by atoms with Crippen molar-refractivity contribution in [3.63, 3.8) is 0 Å². The largest absolute Gasteiger partial charge is 0.421 e. The lowest BCUT2D eigenvalue weighted by Crippen LogP contribution is -2.17. The molecular formula is C13H18N4O. The summed E-state index contributed by atoms with van der Waals surface area (Å²) in [4.78, 5) is 4.21. The Balaban J connectivity index is 1.95. The van der Waals surface area contributed by atoms with Crippen LogP contribution in [-0.4, -0.2) is 28.3 Å². The Morgan fingerprint density at radius 2 is 2.11 bits per heavy atom. The Hall–Kier alpha value is -1.75. The van der Waals surface area contributed by atoms with Gasteiger partial charge in [0.25, 0.3) is 0 Å². The van der Waals surface area contributed by atoms with Crippen molar-refractivity contribution >= 4 is 0 Å². The third kappa shape index (κ3) is 3.37. The summed E-state index contributed by atoms with van der Waals surface area (Å²) in [7, 11) is 0. The van der Waals surface area contributed by atoms with Crippen LogP contribution < -0.4 is 5.32 Å². The van der Waals surface area contributed by atoms with E-state index in [-0.39, 0.29) is 0 Å². The summed E-state index contributed by atoms with van der Waals surface area (Å²) in [5.41, 5.74) is 1.84. The zero-order chi connectivity index (χ0) is 12.8. The van der Waals surface area contributed by atoms with E-state index in [1.54, 1.807) is 6.20 Å². The van der Waals surface area contributed by atoms with Gasteiger partial charge in [-0.1, -0.05) is 6.92 Å². The van der Waals surface area contributed by atoms with Crippen LogP contribution in [0.5, 0.6) is 0 Å². The van der Waals surface area contributed by atoms with E-state index in [0.717, 1.165) is 37.2 Å². The summed E-state index contributed by atoms with van der Waals surface area (Å²) in [6.45, 7) is 5.97. The van der Waals surface area contributed by atoms with E-state index in [1.165, 1.54) is 0 Å². The molecule has 96 valence electrons. The molecule has 5 nitrogen and oxygen atoms in total. The summed E-state index contributed by atoms with van der Waals surface area (Å²) in [5.74, 6) is 1.20. The van der Waals surface area contributed by atoms with Crippen LogP contribution in [0.15, 0.2) is 22.7 Å². The molecule has 2 aromatic heterocycles. The number of pyridine rings is 1. The fourth-order valence-electron chi connectivity index (χ4n) is 1.56. The number of hydrogen-bond acceptors (Lipinski definition) is 5. The molecule has 0 aromatic carbocycles. The Morgan fingerprint density at radius 1 is 1.22 bits per heavy atom. The molecule has 0 radical (unpaired) electrons. The molecule has 0 saturated carbocycles. The van der Waals surface area contributed by atoms with E-state index in [1.807, 2.05) is 19.1 Å². The topological polar surface area (TPSA) is 63.8 Å². The highest BCUT2D eigenvalue weighted by Gasteiger charge is 2.08. The highest BCUT2D eigenvalue weighted by atomic mass is 16.4. The second-order valence-electron chi connectivity index (χ2n) is 4.19. The molecule has 0 fully saturated rings. The van der Waals surface area contributed by atoms with Crippen LogP contribution in [0.2, 0.25) is 0 Å². The minimum Gasteiger partial charge on any atom is -0.421 e. The molecule has 2 rings (SSSR count). The van der Waals surface area contributed by atoms with Crippen LogP contribution in [-0.2, 0) is 6.42 Å². The van der Waals surface area contributed by atoms with Crippen LogP contribution in [0.1, 0.15) is 24.9 Å². The van der Waals surface area contributed by atoms with Gasteiger partial charge in [-0.15, -0.1) is 10.2 Å². The van der Waals surface area contributed by atoms with Gasteiger partial charge in [-0.05, 0) is 32.0 Å². The van der Waals surface area contributed by atoms with E-state index in [2.05, 4.69) is 27.4 Å². The van der Waals surface area contributed by atoms with Crippen molar-refractivity contribution in [2.75, 3.05) is 13.1 Å². The van der Waals surface area contributed by atoms with E-state index in [0.29, 0.717) is 11.8 Å². The molecule has 0 amide bonds. The maximum Gasteiger partial charge on any atom is 0.249 e. The van der Waals surface area contributed by atoms with E-state index in [4.69, 9.17) is 4.42 Å². The van der Waals surface area contributed by atoms with Crippen molar-refractivity contribution in [2.24, 2.45) is 0 Å². The average Bonchev–Trinajstić information content (AvgIpc) is 2.84. The molecule has 0 aliphatic rings. The van der Waals surface area contributed by atoms with Gasteiger partial charge < -0.3 is 9.73 Å². The molecule has 5 heteroatoms. The lowest BCUT2D eigenvalue weighted by atomic mass is 10.2. The number of hydrogen-bond donors (Lipinski definition) is 1. The zero-order valence-corrected chi connectivity index (χ0v) is 10.8. The SMILES string of the molecule is CCCNCCc1nnc(-c2ccc(C)nc2)o1. The van der Waals surface area contributed by atoms with Crippen molar-refractivity contribution in [3.8, 4) is 11.5 Å². The van der Waals surface area contributed by atoms with Gasteiger partial charge in [0.05, 0.1) is 5.56 Å². The molecule has 0 atom stereocenters. The Bertz CT molecular complexity index is 478. The van der Waals surface area contributed by atoms with Crippen LogP contribution in [0.3, 0.4) is 0 Å². The van der Waals surface area contributed by atoms with Crippen LogP contribution in [0.25, 0.3) is 11.5 Å². The molecule has 0 unspecified atom stereocenters. The molecular weight excluding hydrogens is 228 g/mol. The predicted molar refractivity (Wildman–Crippen MR) is 69.1 cm³/mol. The molecule has 2 aromatic rings. The van der Waals surface area contributed by atoms with Crippen LogP contribution in [0, 0.1) is 6.92 Å². The summed E-state index contributed by atoms with van der Waals surface area (Å²) >= 11 is 0. The van der Waals surface area contributed by atoms with E-state index < -0.39 is 0 Å². The maximum atomic E-state index is 5.59. The fraction of sp³-hybridized carbons (Fsp3) is 0.462. The van der Waals surface area contributed by atoms with Crippen molar-refractivity contribution in [1.29, 1.82) is 0 Å². The second-order valence-corrected chi connectivity index (χ2v) is 4.19. The predicted octanol–water partition coefficient (Wildman–Crippen LogP) is 1.98. The Kier molecular flexibility index (Phi) is 4.41. The third-order valence-electron chi connectivity index (χ3n) is 2.57. The first-order chi connectivity index (χ1) is 8.79. The van der Waals surface area contributed by atoms with Gasteiger partial charge in [0.2, 0.25) is 11.8 Å². The quantitative estimate of drug-likeness (QED) is 0.790. The van der Waals surface area contributed by atoms with Gasteiger partial charge in [0, 0.05) is 24.9 Å². The lowest BCUT2D eigenvalue weighted by Gasteiger charge is -1.98. The molecule has 1 N–H and O–H groups in total. The van der Waals surface area contributed by atoms with Crippen molar-refractivity contribution in [1.82, 2.24) is 20.5 Å². The van der Waals surface area contributed by atoms with Crippen molar-refractivity contribution in [2.45, 2.75) is 26.7 Å². The number of nitrogens with one attached hydrogen (secondary N) is 1.